The molecule has 1 rings (SSSR count). The maximum atomic E-state index is 12.1. The van der Waals surface area contributed by atoms with Gasteiger partial charge in [0, 0.05) is 32.6 Å². The third kappa shape index (κ3) is 6.60. The van der Waals surface area contributed by atoms with Crippen molar-refractivity contribution < 1.29 is 52.4 Å². The third-order valence-corrected chi connectivity index (χ3v) is 3.65. The number of carbonyl (C=O) groups excluding carboxylic acids is 5. The van der Waals surface area contributed by atoms with E-state index in [1.54, 1.807) is 0 Å². The summed E-state index contributed by atoms with van der Waals surface area (Å²) >= 11 is 0. The van der Waals surface area contributed by atoms with Crippen molar-refractivity contribution in [2.45, 2.75) is 64.4 Å². The standard InChI is InChI=1S/C16H21N3O11/c1-6(20)26-12-11(10(18-19-17)15(24)25-5)30-16(29-9(4)23)14(28-8(3)22)13(12)27-7(2)21/h10-14,16H,1-5H3/t10-,11+,12+,13-,14+,16-/m0/s1. The van der Waals surface area contributed by atoms with Crippen molar-refractivity contribution in [1.82, 2.24) is 0 Å². The molecule has 1 heterocycles. The zero-order valence-corrected chi connectivity index (χ0v) is 16.8. The number of ether oxygens (including phenoxy) is 6. The molecule has 0 unspecified atom stereocenters. The maximum Gasteiger partial charge on any atom is 0.317 e. The van der Waals surface area contributed by atoms with Crippen molar-refractivity contribution >= 4 is 29.8 Å². The molecule has 0 radical (unpaired) electrons. The second-order valence-electron chi connectivity index (χ2n) is 5.97. The van der Waals surface area contributed by atoms with E-state index < -0.39 is 66.6 Å². The molecular weight excluding hydrogens is 410 g/mol. The fraction of sp³-hybridized carbons (Fsp3) is 0.688. The summed E-state index contributed by atoms with van der Waals surface area (Å²) in [4.78, 5) is 61.1. The lowest BCUT2D eigenvalue weighted by Crippen LogP contribution is -2.65. The van der Waals surface area contributed by atoms with E-state index in [0.29, 0.717) is 0 Å². The molecule has 166 valence electrons. The average Bonchev–Trinajstić information content (AvgIpc) is 2.62. The Bertz CT molecular complexity index is 749. The van der Waals surface area contributed by atoms with Crippen LogP contribution in [0.5, 0.6) is 0 Å². The number of esters is 5. The molecule has 1 saturated heterocycles. The lowest BCUT2D eigenvalue weighted by Gasteiger charge is -2.44. The van der Waals surface area contributed by atoms with Crippen molar-refractivity contribution in [3.63, 3.8) is 0 Å². The van der Waals surface area contributed by atoms with Gasteiger partial charge in [0.25, 0.3) is 0 Å². The molecule has 30 heavy (non-hydrogen) atoms. The Morgan fingerprint density at radius 2 is 1.30 bits per heavy atom. The fourth-order valence-corrected chi connectivity index (χ4v) is 2.74. The Balaban J connectivity index is 3.59. The van der Waals surface area contributed by atoms with Crippen LogP contribution in [-0.4, -0.2) is 73.7 Å². The van der Waals surface area contributed by atoms with E-state index in [0.717, 1.165) is 34.8 Å². The summed E-state index contributed by atoms with van der Waals surface area (Å²) < 4.78 is 30.4. The summed E-state index contributed by atoms with van der Waals surface area (Å²) in [5.74, 6) is -4.58. The third-order valence-electron chi connectivity index (χ3n) is 3.65. The van der Waals surface area contributed by atoms with Gasteiger partial charge in [-0.2, -0.15) is 0 Å². The minimum Gasteiger partial charge on any atom is -0.469 e. The molecule has 0 bridgehead atoms. The number of hydrogen-bond acceptors (Lipinski definition) is 12. The van der Waals surface area contributed by atoms with Gasteiger partial charge in [-0.15, -0.1) is 0 Å². The first-order valence-corrected chi connectivity index (χ1v) is 8.48. The van der Waals surface area contributed by atoms with Gasteiger partial charge in [0.2, 0.25) is 12.4 Å². The van der Waals surface area contributed by atoms with Crippen molar-refractivity contribution in [3.05, 3.63) is 10.4 Å². The van der Waals surface area contributed by atoms with Gasteiger partial charge in [-0.25, -0.2) is 0 Å². The minimum absolute atomic E-state index is 0.863. The van der Waals surface area contributed by atoms with Crippen LogP contribution in [0, 0.1) is 0 Å². The van der Waals surface area contributed by atoms with Gasteiger partial charge in [0.15, 0.2) is 18.2 Å². The van der Waals surface area contributed by atoms with Crippen molar-refractivity contribution in [2.24, 2.45) is 5.11 Å². The lowest BCUT2D eigenvalue weighted by atomic mass is 9.93. The smallest absolute Gasteiger partial charge is 0.317 e. The first-order chi connectivity index (χ1) is 14.0. The number of azide groups is 1. The predicted octanol–water partition coefficient (Wildman–Crippen LogP) is -0.0786. The van der Waals surface area contributed by atoms with Gasteiger partial charge in [-0.1, -0.05) is 5.11 Å². The van der Waals surface area contributed by atoms with E-state index in [1.807, 2.05) is 0 Å². The highest BCUT2D eigenvalue weighted by atomic mass is 16.7. The van der Waals surface area contributed by atoms with Gasteiger partial charge in [-0.05, 0) is 5.53 Å². The maximum absolute atomic E-state index is 12.1. The molecular formula is C16H21N3O11. The molecule has 14 heteroatoms. The van der Waals surface area contributed by atoms with Gasteiger partial charge < -0.3 is 28.4 Å². The number of nitrogens with zero attached hydrogens (tertiary/aromatic N) is 3. The first-order valence-electron chi connectivity index (χ1n) is 8.48. The fourth-order valence-electron chi connectivity index (χ4n) is 2.74. The zero-order chi connectivity index (χ0) is 23.0. The number of carbonyl (C=O) groups is 5. The Labute approximate surface area is 170 Å². The largest absolute Gasteiger partial charge is 0.469 e. The Morgan fingerprint density at radius 1 is 0.833 bits per heavy atom. The molecule has 0 aliphatic carbocycles. The molecule has 1 aliphatic heterocycles. The molecule has 0 amide bonds. The van der Waals surface area contributed by atoms with Crippen LogP contribution in [0.1, 0.15) is 27.7 Å². The monoisotopic (exact) mass is 431 g/mol. The SMILES string of the molecule is COC(=O)[C@@H](N=[N+]=[N-])[C@H]1O[C@H](OC(C)=O)[C@H](OC(C)=O)[C@@H](OC(C)=O)[C@@H]1OC(C)=O. The zero-order valence-electron chi connectivity index (χ0n) is 16.8. The second-order valence-corrected chi connectivity index (χ2v) is 5.97. The quantitative estimate of drug-likeness (QED) is 0.172. The van der Waals surface area contributed by atoms with Crippen molar-refractivity contribution in [2.75, 3.05) is 7.11 Å². The van der Waals surface area contributed by atoms with Gasteiger partial charge in [0.1, 0.15) is 6.10 Å². The van der Waals surface area contributed by atoms with Crippen LogP contribution in [0.3, 0.4) is 0 Å². The molecule has 0 N–H and O–H groups in total. The molecule has 0 aromatic carbocycles. The van der Waals surface area contributed by atoms with Crippen LogP contribution < -0.4 is 0 Å². The first kappa shape index (κ1) is 24.7. The van der Waals surface area contributed by atoms with E-state index in [2.05, 4.69) is 14.8 Å². The molecule has 6 atom stereocenters. The van der Waals surface area contributed by atoms with Gasteiger partial charge in [0.05, 0.1) is 7.11 Å². The molecule has 0 aromatic heterocycles. The molecule has 0 saturated carbocycles. The molecule has 1 aliphatic rings. The Morgan fingerprint density at radius 3 is 1.73 bits per heavy atom. The average molecular weight is 431 g/mol. The van der Waals surface area contributed by atoms with Gasteiger partial charge in [-0.3, -0.25) is 24.0 Å². The van der Waals surface area contributed by atoms with E-state index in [9.17, 15) is 24.0 Å². The molecule has 0 spiro atoms. The Hall–Kier alpha value is -3.38. The molecule has 1 fully saturated rings. The Kier molecular flexibility index (Phi) is 9.02. The van der Waals surface area contributed by atoms with E-state index in [4.69, 9.17) is 29.2 Å². The van der Waals surface area contributed by atoms with Crippen LogP contribution in [0.4, 0.5) is 0 Å². The molecule has 14 nitrogen and oxygen atoms in total. The second kappa shape index (κ2) is 11.0. The predicted molar refractivity (Wildman–Crippen MR) is 92.0 cm³/mol. The highest BCUT2D eigenvalue weighted by Crippen LogP contribution is 2.32. The van der Waals surface area contributed by atoms with Crippen LogP contribution in [0.25, 0.3) is 10.4 Å². The number of rotatable bonds is 7. The summed E-state index contributed by atoms with van der Waals surface area (Å²) in [5, 5.41) is 3.29. The minimum atomic E-state index is -1.74. The number of methoxy groups -OCH3 is 1. The van der Waals surface area contributed by atoms with Crippen molar-refractivity contribution in [3.8, 4) is 0 Å². The van der Waals surface area contributed by atoms with Gasteiger partial charge >= 0.3 is 29.8 Å². The van der Waals surface area contributed by atoms with Crippen molar-refractivity contribution in [1.29, 1.82) is 0 Å². The summed E-state index contributed by atoms with van der Waals surface area (Å²) in [6, 6.07) is -1.74. The molecule has 0 aromatic rings. The van der Waals surface area contributed by atoms with E-state index in [1.165, 1.54) is 0 Å². The van der Waals surface area contributed by atoms with Crippen LogP contribution in [0.2, 0.25) is 0 Å². The highest BCUT2D eigenvalue weighted by Gasteiger charge is 2.56. The highest BCUT2D eigenvalue weighted by molar-refractivity contribution is 5.77. The van der Waals surface area contributed by atoms with Crippen LogP contribution in [0.15, 0.2) is 5.11 Å². The van der Waals surface area contributed by atoms with Crippen LogP contribution in [-0.2, 0) is 52.4 Å². The number of hydrogen-bond donors (Lipinski definition) is 0. The normalized spacial score (nSPS) is 26.2. The van der Waals surface area contributed by atoms with E-state index in [-0.39, 0.29) is 0 Å². The topological polar surface area (TPSA) is 189 Å². The summed E-state index contributed by atoms with van der Waals surface area (Å²) in [7, 11) is 1.00. The summed E-state index contributed by atoms with van der Waals surface area (Å²) in [5.41, 5.74) is 8.82. The summed E-state index contributed by atoms with van der Waals surface area (Å²) in [6.07, 6.45) is -8.08. The summed E-state index contributed by atoms with van der Waals surface area (Å²) in [6.45, 7) is 4.08. The van der Waals surface area contributed by atoms with Crippen LogP contribution >= 0.6 is 0 Å². The van der Waals surface area contributed by atoms with E-state index >= 15 is 0 Å². The lowest BCUT2D eigenvalue weighted by molar-refractivity contribution is -0.298.